The molecule has 2 aromatic rings. The zero-order valence-corrected chi connectivity index (χ0v) is 8.54. The van der Waals surface area contributed by atoms with E-state index in [2.05, 4.69) is 30.5 Å². The van der Waals surface area contributed by atoms with Gasteiger partial charge in [-0.1, -0.05) is 16.5 Å². The maximum atomic E-state index is 11.5. The first-order valence-electron chi connectivity index (χ1n) is 4.01. The SMILES string of the molecule is CNc1nnc(C(=O)Nc2cnoc2)s1. The van der Waals surface area contributed by atoms with E-state index in [1.165, 1.54) is 23.8 Å². The van der Waals surface area contributed by atoms with Crippen molar-refractivity contribution < 1.29 is 9.32 Å². The van der Waals surface area contributed by atoms with Crippen LogP contribution in [0.1, 0.15) is 9.80 Å². The Morgan fingerprint density at radius 2 is 2.40 bits per heavy atom. The highest BCUT2D eigenvalue weighted by Crippen LogP contribution is 2.15. The standard InChI is InChI=1S/C7H7N5O2S/c1-8-7-12-11-6(15-7)5(13)10-4-2-9-14-3-4/h2-3H,1H3,(H,8,12)(H,10,13). The maximum absolute atomic E-state index is 11.5. The molecule has 2 heterocycles. The van der Waals surface area contributed by atoms with E-state index in [1.807, 2.05) is 0 Å². The fourth-order valence-electron chi connectivity index (χ4n) is 0.867. The second kappa shape index (κ2) is 4.05. The van der Waals surface area contributed by atoms with Crippen LogP contribution in [0.3, 0.4) is 0 Å². The van der Waals surface area contributed by atoms with Gasteiger partial charge in [-0.25, -0.2) is 0 Å². The maximum Gasteiger partial charge on any atom is 0.286 e. The van der Waals surface area contributed by atoms with Crippen molar-refractivity contribution >= 4 is 28.1 Å². The van der Waals surface area contributed by atoms with Crippen molar-refractivity contribution in [1.82, 2.24) is 15.4 Å². The Kier molecular flexibility index (Phi) is 2.59. The summed E-state index contributed by atoms with van der Waals surface area (Å²) in [6.07, 6.45) is 2.73. The van der Waals surface area contributed by atoms with Crippen molar-refractivity contribution in [2.45, 2.75) is 0 Å². The average Bonchev–Trinajstić information content (AvgIpc) is 2.86. The van der Waals surface area contributed by atoms with Crippen LogP contribution >= 0.6 is 11.3 Å². The lowest BCUT2D eigenvalue weighted by molar-refractivity contribution is 0.102. The largest absolute Gasteiger partial charge is 0.363 e. The van der Waals surface area contributed by atoms with Gasteiger partial charge in [-0.15, -0.1) is 10.2 Å². The molecule has 0 saturated carbocycles. The monoisotopic (exact) mass is 225 g/mol. The van der Waals surface area contributed by atoms with Crippen LogP contribution < -0.4 is 10.6 Å². The van der Waals surface area contributed by atoms with Crippen molar-refractivity contribution in [2.75, 3.05) is 17.7 Å². The normalized spacial score (nSPS) is 9.93. The van der Waals surface area contributed by atoms with E-state index < -0.39 is 0 Å². The fraction of sp³-hybridized carbons (Fsp3) is 0.143. The Hall–Kier alpha value is -1.96. The second-order valence-corrected chi connectivity index (χ2v) is 3.51. The summed E-state index contributed by atoms with van der Waals surface area (Å²) in [5, 5.41) is 17.1. The summed E-state index contributed by atoms with van der Waals surface area (Å²) in [6, 6.07) is 0. The molecule has 78 valence electrons. The van der Waals surface area contributed by atoms with Crippen LogP contribution in [0.4, 0.5) is 10.8 Å². The van der Waals surface area contributed by atoms with Crippen molar-refractivity contribution in [2.24, 2.45) is 0 Å². The third-order valence-corrected chi connectivity index (χ3v) is 2.46. The smallest absolute Gasteiger partial charge is 0.286 e. The molecule has 0 bridgehead atoms. The zero-order valence-electron chi connectivity index (χ0n) is 7.72. The third-order valence-electron chi connectivity index (χ3n) is 1.52. The van der Waals surface area contributed by atoms with E-state index in [4.69, 9.17) is 0 Å². The van der Waals surface area contributed by atoms with Gasteiger partial charge in [0.2, 0.25) is 10.1 Å². The molecule has 0 spiro atoms. The van der Waals surface area contributed by atoms with Crippen molar-refractivity contribution in [1.29, 1.82) is 0 Å². The average molecular weight is 225 g/mol. The van der Waals surface area contributed by atoms with E-state index in [0.717, 1.165) is 0 Å². The number of nitrogens with one attached hydrogen (secondary N) is 2. The minimum Gasteiger partial charge on any atom is -0.363 e. The molecule has 0 saturated heterocycles. The quantitative estimate of drug-likeness (QED) is 0.803. The Morgan fingerprint density at radius 1 is 1.53 bits per heavy atom. The molecule has 0 atom stereocenters. The molecule has 2 aromatic heterocycles. The summed E-state index contributed by atoms with van der Waals surface area (Å²) in [5.74, 6) is -0.336. The van der Waals surface area contributed by atoms with Gasteiger partial charge in [-0.05, 0) is 0 Å². The number of anilines is 2. The molecule has 0 unspecified atom stereocenters. The number of carbonyl (C=O) groups is 1. The summed E-state index contributed by atoms with van der Waals surface area (Å²) >= 11 is 1.17. The minimum atomic E-state index is -0.336. The van der Waals surface area contributed by atoms with Gasteiger partial charge >= 0.3 is 0 Å². The van der Waals surface area contributed by atoms with Crippen molar-refractivity contribution in [3.05, 3.63) is 17.5 Å². The van der Waals surface area contributed by atoms with E-state index in [-0.39, 0.29) is 10.9 Å². The molecule has 0 aliphatic rings. The Balaban J connectivity index is 2.08. The van der Waals surface area contributed by atoms with E-state index in [1.54, 1.807) is 7.05 Å². The van der Waals surface area contributed by atoms with Crippen molar-refractivity contribution in [3.8, 4) is 0 Å². The van der Waals surface area contributed by atoms with Crippen LogP contribution in [0.15, 0.2) is 17.0 Å². The number of carbonyl (C=O) groups excluding carboxylic acids is 1. The number of rotatable bonds is 3. The van der Waals surface area contributed by atoms with Gasteiger partial charge in [0.05, 0.1) is 6.20 Å². The summed E-state index contributed by atoms with van der Waals surface area (Å²) < 4.78 is 4.57. The van der Waals surface area contributed by atoms with Crippen molar-refractivity contribution in [3.63, 3.8) is 0 Å². The predicted octanol–water partition coefficient (Wildman–Crippen LogP) is 0.820. The summed E-state index contributed by atoms with van der Waals surface area (Å²) in [4.78, 5) is 11.5. The van der Waals surface area contributed by atoms with Gasteiger partial charge in [0.1, 0.15) is 12.0 Å². The Morgan fingerprint density at radius 3 is 3.00 bits per heavy atom. The molecule has 1 amide bonds. The van der Waals surface area contributed by atoms with Gasteiger partial charge in [0, 0.05) is 7.05 Å². The number of amides is 1. The first-order valence-corrected chi connectivity index (χ1v) is 4.83. The fourth-order valence-corrected chi connectivity index (χ4v) is 1.46. The molecule has 0 aliphatic heterocycles. The molecule has 2 N–H and O–H groups in total. The van der Waals surface area contributed by atoms with E-state index in [9.17, 15) is 4.79 Å². The van der Waals surface area contributed by atoms with Crippen LogP contribution in [-0.2, 0) is 0 Å². The first kappa shape index (κ1) is 9.59. The summed E-state index contributed by atoms with van der Waals surface area (Å²) in [6.45, 7) is 0. The van der Waals surface area contributed by atoms with Crippen LogP contribution in [0.2, 0.25) is 0 Å². The molecule has 15 heavy (non-hydrogen) atoms. The topological polar surface area (TPSA) is 92.9 Å². The van der Waals surface area contributed by atoms with Crippen LogP contribution in [0, 0.1) is 0 Å². The van der Waals surface area contributed by atoms with Crippen LogP contribution in [0.25, 0.3) is 0 Å². The molecular formula is C7H7N5O2S. The van der Waals surface area contributed by atoms with Gasteiger partial charge in [-0.2, -0.15) is 0 Å². The van der Waals surface area contributed by atoms with Gasteiger partial charge < -0.3 is 15.2 Å². The summed E-state index contributed by atoms with van der Waals surface area (Å²) in [5.41, 5.74) is 0.487. The predicted molar refractivity (Wildman–Crippen MR) is 53.9 cm³/mol. The molecular weight excluding hydrogens is 218 g/mol. The molecule has 0 radical (unpaired) electrons. The highest BCUT2D eigenvalue weighted by molar-refractivity contribution is 7.17. The highest BCUT2D eigenvalue weighted by atomic mass is 32.1. The number of aromatic nitrogens is 3. The van der Waals surface area contributed by atoms with Gasteiger partial charge in [-0.3, -0.25) is 4.79 Å². The lowest BCUT2D eigenvalue weighted by Gasteiger charge is -1.94. The molecule has 0 aromatic carbocycles. The molecule has 2 rings (SSSR count). The first-order chi connectivity index (χ1) is 7.29. The molecule has 8 heteroatoms. The Bertz CT molecular complexity index is 452. The van der Waals surface area contributed by atoms with Crippen LogP contribution in [0.5, 0.6) is 0 Å². The molecule has 0 fully saturated rings. The van der Waals surface area contributed by atoms with E-state index in [0.29, 0.717) is 10.8 Å². The van der Waals surface area contributed by atoms with Gasteiger partial charge in [0.15, 0.2) is 0 Å². The Labute approximate surface area is 88.5 Å². The van der Waals surface area contributed by atoms with E-state index >= 15 is 0 Å². The number of hydrogen-bond acceptors (Lipinski definition) is 7. The van der Waals surface area contributed by atoms with Crippen LogP contribution in [-0.4, -0.2) is 28.3 Å². The molecule has 7 nitrogen and oxygen atoms in total. The highest BCUT2D eigenvalue weighted by Gasteiger charge is 2.12. The van der Waals surface area contributed by atoms with Gasteiger partial charge in [0.25, 0.3) is 5.91 Å². The third kappa shape index (κ3) is 2.10. The number of nitrogens with zero attached hydrogens (tertiary/aromatic N) is 3. The lowest BCUT2D eigenvalue weighted by Crippen LogP contribution is -2.10. The zero-order chi connectivity index (χ0) is 10.7. The number of hydrogen-bond donors (Lipinski definition) is 2. The lowest BCUT2D eigenvalue weighted by atomic mass is 10.5. The summed E-state index contributed by atoms with van der Waals surface area (Å²) in [7, 11) is 1.71. The second-order valence-electron chi connectivity index (χ2n) is 2.53. The minimum absolute atomic E-state index is 0.278. The molecule has 0 aliphatic carbocycles.